The van der Waals surface area contributed by atoms with Gasteiger partial charge in [-0.25, -0.2) is 8.42 Å². The number of rotatable bonds is 3. The van der Waals surface area contributed by atoms with Gasteiger partial charge in [-0.2, -0.15) is 4.31 Å². The zero-order valence-electron chi connectivity index (χ0n) is 13.5. The van der Waals surface area contributed by atoms with E-state index in [1.807, 2.05) is 36.4 Å². The second kappa shape index (κ2) is 5.58. The maximum absolute atomic E-state index is 13.1. The Bertz CT molecular complexity index is 856. The van der Waals surface area contributed by atoms with Gasteiger partial charge in [0.05, 0.1) is 17.5 Å². The van der Waals surface area contributed by atoms with Gasteiger partial charge in [0.25, 0.3) is 0 Å². The smallest absolute Gasteiger partial charge is 0.244 e. The van der Waals surface area contributed by atoms with Crippen LogP contribution in [-0.4, -0.2) is 32.9 Å². The molecule has 1 saturated heterocycles. The van der Waals surface area contributed by atoms with E-state index in [2.05, 4.69) is 5.32 Å². The van der Waals surface area contributed by atoms with Gasteiger partial charge in [0, 0.05) is 13.1 Å². The van der Waals surface area contributed by atoms with E-state index in [1.165, 1.54) is 0 Å². The van der Waals surface area contributed by atoms with Crippen molar-refractivity contribution in [3.63, 3.8) is 0 Å². The highest BCUT2D eigenvalue weighted by Crippen LogP contribution is 2.48. The number of methoxy groups -OCH3 is 1. The Balaban J connectivity index is 1.78. The van der Waals surface area contributed by atoms with Gasteiger partial charge in [0.15, 0.2) is 0 Å². The maximum atomic E-state index is 13.1. The molecule has 1 atom stereocenters. The van der Waals surface area contributed by atoms with Crippen LogP contribution < -0.4 is 10.1 Å². The SMILES string of the molecule is COc1ccc(CN2[C@@]3(CCNC3)c3ccccc3S2(=O)=O)cc1. The van der Waals surface area contributed by atoms with Gasteiger partial charge in [0.1, 0.15) is 5.75 Å². The molecule has 24 heavy (non-hydrogen) atoms. The van der Waals surface area contributed by atoms with Crippen LogP contribution in [-0.2, 0) is 22.1 Å². The second-order valence-corrected chi connectivity index (χ2v) is 8.15. The average Bonchev–Trinajstić information content (AvgIpc) is 3.16. The number of hydrogen-bond donors (Lipinski definition) is 1. The third-order valence-electron chi connectivity index (χ3n) is 5.05. The zero-order valence-corrected chi connectivity index (χ0v) is 14.3. The monoisotopic (exact) mass is 344 g/mol. The molecule has 0 unspecified atom stereocenters. The normalized spacial score (nSPS) is 25.0. The Hall–Kier alpha value is -1.89. The van der Waals surface area contributed by atoms with Crippen LogP contribution in [0.4, 0.5) is 0 Å². The van der Waals surface area contributed by atoms with Crippen LogP contribution in [0.2, 0.25) is 0 Å². The van der Waals surface area contributed by atoms with E-state index < -0.39 is 15.6 Å². The van der Waals surface area contributed by atoms with E-state index in [-0.39, 0.29) is 0 Å². The Kier molecular flexibility index (Phi) is 3.63. The molecule has 6 heteroatoms. The summed E-state index contributed by atoms with van der Waals surface area (Å²) in [4.78, 5) is 0.446. The van der Waals surface area contributed by atoms with Gasteiger partial charge in [0.2, 0.25) is 10.0 Å². The molecule has 2 aromatic carbocycles. The first-order valence-corrected chi connectivity index (χ1v) is 9.48. The van der Waals surface area contributed by atoms with Crippen LogP contribution in [0.1, 0.15) is 17.5 Å². The number of nitrogens with zero attached hydrogens (tertiary/aromatic N) is 1. The lowest BCUT2D eigenvalue weighted by Gasteiger charge is -2.33. The third kappa shape index (κ3) is 2.17. The molecule has 2 aliphatic rings. The van der Waals surface area contributed by atoms with Crippen molar-refractivity contribution in [3.8, 4) is 5.75 Å². The first-order valence-electron chi connectivity index (χ1n) is 8.04. The van der Waals surface area contributed by atoms with Crippen LogP contribution in [0.25, 0.3) is 0 Å². The largest absolute Gasteiger partial charge is 0.497 e. The van der Waals surface area contributed by atoms with Crippen molar-refractivity contribution in [1.82, 2.24) is 9.62 Å². The number of fused-ring (bicyclic) bond motifs is 2. The molecule has 2 aliphatic heterocycles. The van der Waals surface area contributed by atoms with E-state index in [4.69, 9.17) is 4.74 Å². The maximum Gasteiger partial charge on any atom is 0.244 e. The zero-order chi connectivity index (χ0) is 16.8. The molecule has 4 rings (SSSR count). The molecule has 0 bridgehead atoms. The molecule has 2 heterocycles. The molecule has 126 valence electrons. The molecule has 1 fully saturated rings. The molecule has 5 nitrogen and oxygen atoms in total. The summed E-state index contributed by atoms with van der Waals surface area (Å²) in [5.41, 5.74) is 1.40. The number of hydrogen-bond acceptors (Lipinski definition) is 4. The van der Waals surface area contributed by atoms with Crippen molar-refractivity contribution in [2.24, 2.45) is 0 Å². The molecule has 0 saturated carbocycles. The number of benzene rings is 2. The second-order valence-electron chi connectivity index (χ2n) is 6.31. The summed E-state index contributed by atoms with van der Waals surface area (Å²) in [6.45, 7) is 1.84. The molecule has 0 aliphatic carbocycles. The average molecular weight is 344 g/mol. The fraction of sp³-hybridized carbons (Fsp3) is 0.333. The van der Waals surface area contributed by atoms with Crippen molar-refractivity contribution in [2.75, 3.05) is 20.2 Å². The van der Waals surface area contributed by atoms with Gasteiger partial charge in [-0.15, -0.1) is 0 Å². The highest BCUT2D eigenvalue weighted by molar-refractivity contribution is 7.89. The minimum absolute atomic E-state index is 0.364. The fourth-order valence-corrected chi connectivity index (χ4v) is 5.87. The topological polar surface area (TPSA) is 58.6 Å². The highest BCUT2D eigenvalue weighted by atomic mass is 32.2. The van der Waals surface area contributed by atoms with Crippen LogP contribution in [0.5, 0.6) is 5.75 Å². The predicted molar refractivity (Wildman–Crippen MR) is 91.3 cm³/mol. The molecule has 0 amide bonds. The lowest BCUT2D eigenvalue weighted by Crippen LogP contribution is -2.44. The Morgan fingerprint density at radius 3 is 2.58 bits per heavy atom. The molecule has 1 spiro atoms. The van der Waals surface area contributed by atoms with Crippen LogP contribution >= 0.6 is 0 Å². The molecule has 0 radical (unpaired) electrons. The first-order chi connectivity index (χ1) is 11.6. The first kappa shape index (κ1) is 15.6. The molecule has 1 N–H and O–H groups in total. The minimum Gasteiger partial charge on any atom is -0.497 e. The van der Waals surface area contributed by atoms with Crippen molar-refractivity contribution >= 4 is 10.0 Å². The standard InChI is InChI=1S/C18H20N2O3S/c1-23-15-8-6-14(7-9-15)12-20-18(10-11-19-13-18)16-4-2-3-5-17(16)24(20,21)22/h2-9,19H,10-13H2,1H3/t18-/m1/s1. The fourth-order valence-electron chi connectivity index (χ4n) is 3.81. The lowest BCUT2D eigenvalue weighted by molar-refractivity contribution is 0.213. The summed E-state index contributed by atoms with van der Waals surface area (Å²) in [5.74, 6) is 0.767. The minimum atomic E-state index is -3.49. The van der Waals surface area contributed by atoms with Crippen LogP contribution in [0.15, 0.2) is 53.4 Å². The molecule has 2 aromatic rings. The summed E-state index contributed by atoms with van der Waals surface area (Å²) in [6.07, 6.45) is 0.791. The third-order valence-corrected chi connectivity index (χ3v) is 7.02. The van der Waals surface area contributed by atoms with Crippen molar-refractivity contribution in [1.29, 1.82) is 0 Å². The lowest BCUT2D eigenvalue weighted by atomic mass is 9.88. The van der Waals surface area contributed by atoms with E-state index in [0.29, 0.717) is 18.0 Å². The van der Waals surface area contributed by atoms with Gasteiger partial charge in [-0.1, -0.05) is 30.3 Å². The summed E-state index contributed by atoms with van der Waals surface area (Å²) in [7, 11) is -1.87. The summed E-state index contributed by atoms with van der Waals surface area (Å²) in [5, 5.41) is 3.34. The van der Waals surface area contributed by atoms with E-state index in [0.717, 1.165) is 29.8 Å². The van der Waals surface area contributed by atoms with Crippen molar-refractivity contribution < 1.29 is 13.2 Å². The number of nitrogens with one attached hydrogen (secondary N) is 1. The molecular weight excluding hydrogens is 324 g/mol. The summed E-state index contributed by atoms with van der Waals surface area (Å²) in [6, 6.07) is 15.0. The van der Waals surface area contributed by atoms with E-state index in [1.54, 1.807) is 23.5 Å². The van der Waals surface area contributed by atoms with Crippen LogP contribution in [0, 0.1) is 0 Å². The predicted octanol–water partition coefficient (Wildman–Crippen LogP) is 2.09. The van der Waals surface area contributed by atoms with Crippen LogP contribution in [0.3, 0.4) is 0 Å². The van der Waals surface area contributed by atoms with E-state index >= 15 is 0 Å². The summed E-state index contributed by atoms with van der Waals surface area (Å²) < 4.78 is 33.1. The van der Waals surface area contributed by atoms with E-state index in [9.17, 15) is 8.42 Å². The Morgan fingerprint density at radius 1 is 1.17 bits per heavy atom. The summed E-state index contributed by atoms with van der Waals surface area (Å²) >= 11 is 0. The number of sulfonamides is 1. The van der Waals surface area contributed by atoms with Crippen molar-refractivity contribution in [2.45, 2.75) is 23.4 Å². The van der Waals surface area contributed by atoms with Crippen molar-refractivity contribution in [3.05, 3.63) is 59.7 Å². The van der Waals surface area contributed by atoms with Gasteiger partial charge in [-0.05, 0) is 42.3 Å². The number of ether oxygens (including phenoxy) is 1. The van der Waals surface area contributed by atoms with Gasteiger partial charge < -0.3 is 10.1 Å². The van der Waals surface area contributed by atoms with Gasteiger partial charge in [-0.3, -0.25) is 0 Å². The Labute approximate surface area is 142 Å². The van der Waals surface area contributed by atoms with Gasteiger partial charge >= 0.3 is 0 Å². The quantitative estimate of drug-likeness (QED) is 0.926. The molecular formula is C18H20N2O3S. The Morgan fingerprint density at radius 2 is 1.92 bits per heavy atom. The highest BCUT2D eigenvalue weighted by Gasteiger charge is 2.54. The molecule has 0 aromatic heterocycles.